The highest BCUT2D eigenvalue weighted by Gasteiger charge is 2.24. The van der Waals surface area contributed by atoms with E-state index in [4.69, 9.17) is 4.52 Å². The number of rotatable bonds is 4. The summed E-state index contributed by atoms with van der Waals surface area (Å²) in [5.74, 6) is 1.01. The summed E-state index contributed by atoms with van der Waals surface area (Å²) in [6, 6.07) is 6.29. The summed E-state index contributed by atoms with van der Waals surface area (Å²) < 4.78 is 18.4. The Bertz CT molecular complexity index is 820. The van der Waals surface area contributed by atoms with Gasteiger partial charge in [0.2, 0.25) is 5.89 Å². The molecule has 24 heavy (non-hydrogen) atoms. The first-order chi connectivity index (χ1) is 11.3. The molecule has 0 saturated carbocycles. The molecule has 0 unspecified atom stereocenters. The first kappa shape index (κ1) is 16.7. The van der Waals surface area contributed by atoms with E-state index in [9.17, 15) is 4.39 Å². The van der Waals surface area contributed by atoms with Crippen LogP contribution >= 0.6 is 11.8 Å². The lowest BCUT2D eigenvalue weighted by Gasteiger charge is -2.11. The van der Waals surface area contributed by atoms with E-state index in [1.165, 1.54) is 23.9 Å². The molecule has 0 spiro atoms. The van der Waals surface area contributed by atoms with Gasteiger partial charge in [-0.25, -0.2) is 9.37 Å². The van der Waals surface area contributed by atoms with E-state index in [-0.39, 0.29) is 16.5 Å². The molecule has 126 valence electrons. The predicted molar refractivity (Wildman–Crippen MR) is 91.3 cm³/mol. The first-order valence-electron chi connectivity index (χ1n) is 7.64. The van der Waals surface area contributed by atoms with Gasteiger partial charge in [-0.1, -0.05) is 37.7 Å². The lowest BCUT2D eigenvalue weighted by molar-refractivity contribution is 0.364. The summed E-state index contributed by atoms with van der Waals surface area (Å²) in [6.45, 7) is 8.12. The van der Waals surface area contributed by atoms with Gasteiger partial charge in [-0.3, -0.25) is 0 Å². The van der Waals surface area contributed by atoms with Crippen molar-refractivity contribution < 1.29 is 8.91 Å². The van der Waals surface area contributed by atoms with Crippen LogP contribution in [0.2, 0.25) is 0 Å². The first-order valence-corrected chi connectivity index (χ1v) is 8.52. The van der Waals surface area contributed by atoms with Gasteiger partial charge in [0.15, 0.2) is 11.0 Å². The van der Waals surface area contributed by atoms with Crippen LogP contribution in [-0.2, 0) is 5.41 Å². The minimum Gasteiger partial charge on any atom is -0.338 e. The van der Waals surface area contributed by atoms with E-state index in [0.29, 0.717) is 11.7 Å². The van der Waals surface area contributed by atoms with Crippen molar-refractivity contribution in [3.8, 4) is 11.3 Å². The molecule has 1 N–H and O–H groups in total. The number of aromatic nitrogens is 4. The summed E-state index contributed by atoms with van der Waals surface area (Å²) in [7, 11) is 0. The molecule has 3 rings (SSSR count). The number of thioether (sulfide) groups is 1. The van der Waals surface area contributed by atoms with Gasteiger partial charge in [0.25, 0.3) is 0 Å². The second kappa shape index (κ2) is 6.39. The molecule has 7 heteroatoms. The molecule has 0 amide bonds. The van der Waals surface area contributed by atoms with Gasteiger partial charge in [0.05, 0.1) is 17.1 Å². The molecule has 1 aromatic carbocycles. The van der Waals surface area contributed by atoms with Gasteiger partial charge in [-0.05, 0) is 36.8 Å². The number of benzene rings is 1. The molecule has 0 aliphatic carbocycles. The predicted octanol–water partition coefficient (Wildman–Crippen LogP) is 4.75. The highest BCUT2D eigenvalue weighted by Crippen LogP contribution is 2.34. The molecular formula is C17H19FN4OS. The van der Waals surface area contributed by atoms with Crippen molar-refractivity contribution in [2.24, 2.45) is 0 Å². The average molecular weight is 346 g/mol. The topological polar surface area (TPSA) is 67.6 Å². The van der Waals surface area contributed by atoms with Gasteiger partial charge in [0.1, 0.15) is 5.82 Å². The summed E-state index contributed by atoms with van der Waals surface area (Å²) in [6.07, 6.45) is 1.73. The largest absolute Gasteiger partial charge is 0.338 e. The van der Waals surface area contributed by atoms with Crippen LogP contribution in [0.5, 0.6) is 0 Å². The highest BCUT2D eigenvalue weighted by atomic mass is 32.2. The van der Waals surface area contributed by atoms with E-state index in [1.807, 2.05) is 27.7 Å². The van der Waals surface area contributed by atoms with Gasteiger partial charge < -0.3 is 9.51 Å². The lowest BCUT2D eigenvalue weighted by Crippen LogP contribution is -2.13. The Balaban J connectivity index is 1.72. The normalized spacial score (nSPS) is 13.2. The third-order valence-corrected chi connectivity index (χ3v) is 4.44. The Labute approximate surface area is 144 Å². The van der Waals surface area contributed by atoms with Crippen molar-refractivity contribution in [3.05, 3.63) is 48.0 Å². The van der Waals surface area contributed by atoms with Crippen molar-refractivity contribution in [2.75, 3.05) is 0 Å². The maximum atomic E-state index is 13.0. The third kappa shape index (κ3) is 3.67. The number of hydrogen-bond donors (Lipinski definition) is 1. The number of halogens is 1. The van der Waals surface area contributed by atoms with E-state index in [0.717, 1.165) is 16.4 Å². The maximum Gasteiger partial charge on any atom is 0.239 e. The third-order valence-electron chi connectivity index (χ3n) is 3.46. The Hall–Kier alpha value is -2.15. The molecule has 3 aromatic rings. The van der Waals surface area contributed by atoms with Crippen molar-refractivity contribution in [1.29, 1.82) is 0 Å². The zero-order valence-electron chi connectivity index (χ0n) is 14.0. The Morgan fingerprint density at radius 2 is 1.92 bits per heavy atom. The Morgan fingerprint density at radius 1 is 1.21 bits per heavy atom. The molecule has 0 radical (unpaired) electrons. The summed E-state index contributed by atoms with van der Waals surface area (Å²) in [4.78, 5) is 12.1. The zero-order chi connectivity index (χ0) is 17.3. The number of imidazole rings is 1. The van der Waals surface area contributed by atoms with Gasteiger partial charge in [0, 0.05) is 5.41 Å². The monoisotopic (exact) mass is 346 g/mol. The lowest BCUT2D eigenvalue weighted by atomic mass is 9.96. The van der Waals surface area contributed by atoms with Crippen molar-refractivity contribution in [1.82, 2.24) is 20.1 Å². The molecule has 2 heterocycles. The van der Waals surface area contributed by atoms with E-state index in [1.54, 1.807) is 18.3 Å². The Kier molecular flexibility index (Phi) is 4.45. The summed E-state index contributed by atoms with van der Waals surface area (Å²) >= 11 is 1.50. The molecule has 0 aliphatic rings. The summed E-state index contributed by atoms with van der Waals surface area (Å²) in [5.41, 5.74) is 1.58. The molecular weight excluding hydrogens is 327 g/mol. The SMILES string of the molecule is C[C@H](Sc1ncc(-c2ccc(F)cc2)[nH]1)c1nc(C(C)(C)C)no1. The van der Waals surface area contributed by atoms with Crippen LogP contribution < -0.4 is 0 Å². The Morgan fingerprint density at radius 3 is 2.54 bits per heavy atom. The number of nitrogens with one attached hydrogen (secondary N) is 1. The van der Waals surface area contributed by atoms with Crippen molar-refractivity contribution in [3.63, 3.8) is 0 Å². The van der Waals surface area contributed by atoms with Gasteiger partial charge >= 0.3 is 0 Å². The molecule has 5 nitrogen and oxygen atoms in total. The molecule has 1 atom stereocenters. The van der Waals surface area contributed by atoms with Crippen LogP contribution in [0.3, 0.4) is 0 Å². The standard InChI is InChI=1S/C17H19FN4OS/c1-10(14-21-15(22-23-14)17(2,3)4)24-16-19-9-13(20-16)11-5-7-12(18)8-6-11/h5-10H,1-4H3,(H,19,20)/t10-/m0/s1. The van der Waals surface area contributed by atoms with Crippen molar-refractivity contribution in [2.45, 2.75) is 43.5 Å². The van der Waals surface area contributed by atoms with Crippen LogP contribution in [0, 0.1) is 5.82 Å². The van der Waals surface area contributed by atoms with Crippen LogP contribution in [0.15, 0.2) is 40.1 Å². The average Bonchev–Trinajstić information content (AvgIpc) is 3.16. The minimum absolute atomic E-state index is 0.0270. The second-order valence-electron chi connectivity index (χ2n) is 6.58. The van der Waals surface area contributed by atoms with Crippen LogP contribution in [0.25, 0.3) is 11.3 Å². The van der Waals surface area contributed by atoms with Gasteiger partial charge in [-0.15, -0.1) is 0 Å². The van der Waals surface area contributed by atoms with E-state index in [2.05, 4.69) is 20.1 Å². The second-order valence-corrected chi connectivity index (χ2v) is 7.90. The molecule has 0 saturated heterocycles. The number of H-pyrrole nitrogens is 1. The maximum absolute atomic E-state index is 13.0. The highest BCUT2D eigenvalue weighted by molar-refractivity contribution is 7.99. The number of hydrogen-bond acceptors (Lipinski definition) is 5. The fourth-order valence-electron chi connectivity index (χ4n) is 2.06. The fourth-order valence-corrected chi connectivity index (χ4v) is 2.88. The smallest absolute Gasteiger partial charge is 0.239 e. The molecule has 0 aliphatic heterocycles. The quantitative estimate of drug-likeness (QED) is 0.691. The number of aromatic amines is 1. The molecule has 0 fully saturated rings. The number of nitrogens with zero attached hydrogens (tertiary/aromatic N) is 3. The molecule has 0 bridgehead atoms. The minimum atomic E-state index is -0.257. The summed E-state index contributed by atoms with van der Waals surface area (Å²) in [5, 5.41) is 4.77. The van der Waals surface area contributed by atoms with Crippen LogP contribution in [0.1, 0.15) is 44.7 Å². The fraction of sp³-hybridized carbons (Fsp3) is 0.353. The van der Waals surface area contributed by atoms with E-state index < -0.39 is 0 Å². The molecule has 2 aromatic heterocycles. The van der Waals surface area contributed by atoms with Crippen LogP contribution in [0.4, 0.5) is 4.39 Å². The zero-order valence-corrected chi connectivity index (χ0v) is 14.8. The van der Waals surface area contributed by atoms with Crippen LogP contribution in [-0.4, -0.2) is 20.1 Å². The van der Waals surface area contributed by atoms with Crippen molar-refractivity contribution >= 4 is 11.8 Å². The van der Waals surface area contributed by atoms with E-state index >= 15 is 0 Å². The van der Waals surface area contributed by atoms with Gasteiger partial charge in [-0.2, -0.15) is 4.98 Å².